The largest absolute Gasteiger partial charge is 0.507 e. The van der Waals surface area contributed by atoms with Crippen molar-refractivity contribution in [3.8, 4) is 5.75 Å². The highest BCUT2D eigenvalue weighted by Crippen LogP contribution is 2.40. The maximum Gasteiger partial charge on any atom is 0.295 e. The third-order valence-corrected chi connectivity index (χ3v) is 5.48. The number of unbranched alkanes of at least 4 members (excludes halogenated alkanes) is 2. The summed E-state index contributed by atoms with van der Waals surface area (Å²) in [6.45, 7) is 6.48. The molecule has 0 bridgehead atoms. The lowest BCUT2D eigenvalue weighted by molar-refractivity contribution is -0.139. The van der Waals surface area contributed by atoms with E-state index in [1.54, 1.807) is 31.2 Å². The summed E-state index contributed by atoms with van der Waals surface area (Å²) in [6.07, 6.45) is 2.66. The van der Waals surface area contributed by atoms with Crippen LogP contribution in [0.25, 0.3) is 5.76 Å². The Labute approximate surface area is 182 Å². The molecule has 6 heteroatoms. The molecule has 1 atom stereocenters. The van der Waals surface area contributed by atoms with Gasteiger partial charge >= 0.3 is 0 Å². The Balaban J connectivity index is 2.10. The summed E-state index contributed by atoms with van der Waals surface area (Å²) in [5.74, 6) is -1.37. The van der Waals surface area contributed by atoms with Crippen LogP contribution in [-0.2, 0) is 9.59 Å². The second kappa shape index (κ2) is 9.77. The second-order valence-electron chi connectivity index (χ2n) is 7.67. The van der Waals surface area contributed by atoms with E-state index in [1.807, 2.05) is 6.92 Å². The van der Waals surface area contributed by atoms with Gasteiger partial charge in [0.05, 0.1) is 18.2 Å². The lowest BCUT2D eigenvalue weighted by atomic mass is 9.94. The third kappa shape index (κ3) is 4.63. The van der Waals surface area contributed by atoms with Gasteiger partial charge in [-0.1, -0.05) is 31.9 Å². The fourth-order valence-corrected chi connectivity index (χ4v) is 3.85. The number of rotatable bonds is 8. The van der Waals surface area contributed by atoms with E-state index < -0.39 is 23.5 Å². The fourth-order valence-electron chi connectivity index (χ4n) is 3.85. The Morgan fingerprint density at radius 1 is 1.10 bits per heavy atom. The maximum absolute atomic E-state index is 13.7. The lowest BCUT2D eigenvalue weighted by Crippen LogP contribution is -2.30. The van der Waals surface area contributed by atoms with Gasteiger partial charge in [0.2, 0.25) is 0 Å². The van der Waals surface area contributed by atoms with E-state index in [2.05, 4.69) is 6.92 Å². The van der Waals surface area contributed by atoms with Crippen LogP contribution >= 0.6 is 0 Å². The molecule has 1 fully saturated rings. The van der Waals surface area contributed by atoms with Crippen molar-refractivity contribution in [1.29, 1.82) is 0 Å². The summed E-state index contributed by atoms with van der Waals surface area (Å²) in [7, 11) is 0. The number of aryl methyl sites for hydroxylation is 1. The molecule has 1 saturated heterocycles. The van der Waals surface area contributed by atoms with Crippen molar-refractivity contribution in [2.45, 2.75) is 46.1 Å². The van der Waals surface area contributed by atoms with Crippen molar-refractivity contribution in [3.05, 3.63) is 70.5 Å². The molecule has 1 aliphatic rings. The summed E-state index contributed by atoms with van der Waals surface area (Å²) in [6, 6.07) is 10.6. The number of carbonyl (C=O) groups excluding carboxylic acids is 2. The van der Waals surface area contributed by atoms with Crippen LogP contribution in [-0.4, -0.2) is 34.8 Å². The number of Topliss-reactive ketones (excluding diaryl/α,β-unsaturated/α-hetero) is 1. The molecule has 0 spiro atoms. The molecule has 1 heterocycles. The second-order valence-corrected chi connectivity index (χ2v) is 7.67. The van der Waals surface area contributed by atoms with Gasteiger partial charge in [0.25, 0.3) is 11.7 Å². The first-order valence-electron chi connectivity index (χ1n) is 10.7. The molecule has 5 nitrogen and oxygen atoms in total. The van der Waals surface area contributed by atoms with Crippen molar-refractivity contribution < 1.29 is 23.8 Å². The van der Waals surface area contributed by atoms with E-state index in [4.69, 9.17) is 4.74 Å². The van der Waals surface area contributed by atoms with E-state index in [0.717, 1.165) is 19.3 Å². The Hall–Kier alpha value is -3.15. The first-order valence-corrected chi connectivity index (χ1v) is 10.7. The number of benzene rings is 2. The summed E-state index contributed by atoms with van der Waals surface area (Å²) in [5, 5.41) is 11.0. The van der Waals surface area contributed by atoms with E-state index in [1.165, 1.54) is 23.1 Å². The van der Waals surface area contributed by atoms with E-state index in [9.17, 15) is 19.1 Å². The number of carbonyl (C=O) groups is 2. The molecule has 1 aliphatic heterocycles. The van der Waals surface area contributed by atoms with Crippen LogP contribution in [0.15, 0.2) is 48.0 Å². The van der Waals surface area contributed by atoms with Gasteiger partial charge in [-0.2, -0.15) is 0 Å². The minimum atomic E-state index is -0.727. The zero-order valence-corrected chi connectivity index (χ0v) is 18.2. The highest BCUT2D eigenvalue weighted by Gasteiger charge is 2.45. The first-order chi connectivity index (χ1) is 14.9. The Bertz CT molecular complexity index is 997. The van der Waals surface area contributed by atoms with Crippen LogP contribution in [0.5, 0.6) is 5.75 Å². The first kappa shape index (κ1) is 22.5. The molecule has 3 rings (SSSR count). The zero-order valence-electron chi connectivity index (χ0n) is 18.2. The molecule has 1 unspecified atom stereocenters. The van der Waals surface area contributed by atoms with Crippen LogP contribution in [0, 0.1) is 12.7 Å². The van der Waals surface area contributed by atoms with Crippen molar-refractivity contribution in [2.24, 2.45) is 0 Å². The molecule has 2 aromatic carbocycles. The highest BCUT2D eigenvalue weighted by atomic mass is 19.1. The molecule has 1 N–H and O–H groups in total. The normalized spacial score (nSPS) is 17.9. The SMILES string of the molecule is CCCCCN1C(=O)C(=O)/C(=C(\O)c2ccc(F)c(C)c2)C1c1ccc(OCC)cc1. The predicted molar refractivity (Wildman–Crippen MR) is 117 cm³/mol. The average Bonchev–Trinajstić information content (AvgIpc) is 3.01. The third-order valence-electron chi connectivity index (χ3n) is 5.48. The molecular weight excluding hydrogens is 397 g/mol. The summed E-state index contributed by atoms with van der Waals surface area (Å²) < 4.78 is 19.2. The van der Waals surface area contributed by atoms with Gasteiger partial charge < -0.3 is 14.7 Å². The number of amides is 1. The molecule has 2 aromatic rings. The lowest BCUT2D eigenvalue weighted by Gasteiger charge is -2.25. The molecular formula is C25H28FNO4. The van der Waals surface area contributed by atoms with Crippen molar-refractivity contribution in [2.75, 3.05) is 13.2 Å². The predicted octanol–water partition coefficient (Wildman–Crippen LogP) is 5.14. The molecule has 1 amide bonds. The standard InChI is InChI=1S/C25H28FNO4/c1-4-6-7-14-27-22(17-8-11-19(12-9-17)31-5-2)21(24(29)25(27)30)23(28)18-10-13-20(26)16(3)15-18/h8-13,15,22,28H,4-7,14H2,1-3H3/b23-21-. The van der Waals surface area contributed by atoms with Gasteiger partial charge in [-0.15, -0.1) is 0 Å². The topological polar surface area (TPSA) is 66.8 Å². The number of hydrogen-bond donors (Lipinski definition) is 1. The van der Waals surface area contributed by atoms with Crippen molar-refractivity contribution in [1.82, 2.24) is 4.90 Å². The quantitative estimate of drug-likeness (QED) is 0.275. The summed E-state index contributed by atoms with van der Waals surface area (Å²) >= 11 is 0. The maximum atomic E-state index is 13.7. The smallest absolute Gasteiger partial charge is 0.295 e. The van der Waals surface area contributed by atoms with Gasteiger partial charge in [-0.3, -0.25) is 9.59 Å². The number of aliphatic hydroxyl groups excluding tert-OH is 1. The molecule has 0 saturated carbocycles. The molecule has 164 valence electrons. The Kier molecular flexibility index (Phi) is 7.10. The monoisotopic (exact) mass is 425 g/mol. The van der Waals surface area contributed by atoms with Crippen molar-refractivity contribution in [3.63, 3.8) is 0 Å². The molecule has 0 aromatic heterocycles. The van der Waals surface area contributed by atoms with Crippen molar-refractivity contribution >= 4 is 17.4 Å². The minimum Gasteiger partial charge on any atom is -0.507 e. The van der Waals surface area contributed by atoms with Crippen LogP contribution in [0.1, 0.15) is 55.8 Å². The highest BCUT2D eigenvalue weighted by molar-refractivity contribution is 6.46. The zero-order chi connectivity index (χ0) is 22.5. The number of aliphatic hydroxyl groups is 1. The number of nitrogens with zero attached hydrogens (tertiary/aromatic N) is 1. The Morgan fingerprint density at radius 3 is 2.42 bits per heavy atom. The fraction of sp³-hybridized carbons (Fsp3) is 0.360. The van der Waals surface area contributed by atoms with E-state index in [-0.39, 0.29) is 11.3 Å². The number of likely N-dealkylation sites (tertiary alicyclic amines) is 1. The van der Waals surface area contributed by atoms with Gasteiger partial charge in [0.15, 0.2) is 0 Å². The van der Waals surface area contributed by atoms with Crippen LogP contribution in [0.3, 0.4) is 0 Å². The van der Waals surface area contributed by atoms with Gasteiger partial charge in [0, 0.05) is 12.1 Å². The molecule has 0 radical (unpaired) electrons. The van der Waals surface area contributed by atoms with Crippen LogP contribution < -0.4 is 4.74 Å². The van der Waals surface area contributed by atoms with Gasteiger partial charge in [-0.25, -0.2) is 4.39 Å². The minimum absolute atomic E-state index is 0.0247. The number of halogens is 1. The molecule has 0 aliphatic carbocycles. The number of ketones is 1. The van der Waals surface area contributed by atoms with Crippen LogP contribution in [0.4, 0.5) is 4.39 Å². The molecule has 31 heavy (non-hydrogen) atoms. The summed E-state index contributed by atoms with van der Waals surface area (Å²) in [4.78, 5) is 27.4. The summed E-state index contributed by atoms with van der Waals surface area (Å²) in [5.41, 5.74) is 1.39. The number of hydrogen-bond acceptors (Lipinski definition) is 4. The van der Waals surface area contributed by atoms with E-state index in [0.29, 0.717) is 35.6 Å². The van der Waals surface area contributed by atoms with Gasteiger partial charge in [0.1, 0.15) is 17.3 Å². The van der Waals surface area contributed by atoms with E-state index >= 15 is 0 Å². The van der Waals surface area contributed by atoms with Crippen LogP contribution in [0.2, 0.25) is 0 Å². The average molecular weight is 426 g/mol. The Morgan fingerprint density at radius 2 is 1.81 bits per heavy atom. The number of ether oxygens (including phenoxy) is 1. The van der Waals surface area contributed by atoms with Gasteiger partial charge in [-0.05, 0) is 61.7 Å².